The number of hydrogen-bond acceptors (Lipinski definition) is 4. The Morgan fingerprint density at radius 3 is 2.72 bits per heavy atom. The number of nitrogens with zero attached hydrogens (tertiary/aromatic N) is 1. The van der Waals surface area contributed by atoms with E-state index in [1.807, 2.05) is 6.07 Å². The molecule has 0 unspecified atom stereocenters. The smallest absolute Gasteiger partial charge is 0.337 e. The van der Waals surface area contributed by atoms with Crippen LogP contribution >= 0.6 is 0 Å². The average Bonchev–Trinajstić information content (AvgIpc) is 3.06. The van der Waals surface area contributed by atoms with Crippen LogP contribution in [0.2, 0.25) is 0 Å². The molecule has 0 bridgehead atoms. The maximum Gasteiger partial charge on any atom is 0.337 e. The fourth-order valence-corrected chi connectivity index (χ4v) is 2.52. The number of nitrogens with one attached hydrogen (secondary N) is 2. The van der Waals surface area contributed by atoms with Crippen LogP contribution in [0.5, 0.6) is 5.75 Å². The van der Waals surface area contributed by atoms with Crippen molar-refractivity contribution in [2.45, 2.75) is 0 Å². The summed E-state index contributed by atoms with van der Waals surface area (Å²) in [6, 6.07) is 12.9. The van der Waals surface area contributed by atoms with Crippen molar-refractivity contribution >= 4 is 28.5 Å². The van der Waals surface area contributed by atoms with Gasteiger partial charge in [-0.3, -0.25) is 4.79 Å². The lowest BCUT2D eigenvalue weighted by Crippen LogP contribution is -2.15. The van der Waals surface area contributed by atoms with Crippen molar-refractivity contribution in [3.05, 3.63) is 59.3 Å². The third-order valence-electron chi connectivity index (χ3n) is 3.72. The van der Waals surface area contributed by atoms with E-state index in [1.54, 1.807) is 24.3 Å². The van der Waals surface area contributed by atoms with Crippen LogP contribution in [0.4, 0.5) is 5.69 Å². The Labute approximate surface area is 142 Å². The number of carbonyl (C=O) groups excluding carboxylic acids is 1. The number of amides is 1. The number of fused-ring (bicyclic) bond motifs is 1. The van der Waals surface area contributed by atoms with Crippen LogP contribution in [0.25, 0.3) is 10.9 Å². The van der Waals surface area contributed by atoms with Crippen LogP contribution in [-0.2, 0) is 0 Å². The Morgan fingerprint density at radius 1 is 1.24 bits per heavy atom. The van der Waals surface area contributed by atoms with E-state index in [0.29, 0.717) is 5.75 Å². The van der Waals surface area contributed by atoms with Gasteiger partial charge in [-0.05, 0) is 36.4 Å². The van der Waals surface area contributed by atoms with Gasteiger partial charge in [0.15, 0.2) is 0 Å². The standard InChI is InChI=1S/C18H13N3O4/c1-25-16-4-2-3-13-11(16)8-15(20-13)17(22)21-14-6-5-10(9-19)7-12(14)18(23)24/h2-8,20H,1H3,(H,21,22)(H,23,24). The van der Waals surface area contributed by atoms with Crippen LogP contribution in [0.3, 0.4) is 0 Å². The highest BCUT2D eigenvalue weighted by Gasteiger charge is 2.16. The average molecular weight is 335 g/mol. The molecular formula is C18H13N3O4. The van der Waals surface area contributed by atoms with Gasteiger partial charge < -0.3 is 20.1 Å². The first-order valence-corrected chi connectivity index (χ1v) is 7.28. The van der Waals surface area contributed by atoms with E-state index in [9.17, 15) is 14.7 Å². The second-order valence-corrected chi connectivity index (χ2v) is 5.24. The molecule has 1 amide bonds. The molecule has 1 aromatic heterocycles. The lowest BCUT2D eigenvalue weighted by Gasteiger charge is -2.07. The van der Waals surface area contributed by atoms with E-state index in [0.717, 1.165) is 10.9 Å². The summed E-state index contributed by atoms with van der Waals surface area (Å²) in [6.45, 7) is 0. The normalized spacial score (nSPS) is 10.2. The minimum Gasteiger partial charge on any atom is -0.496 e. The van der Waals surface area contributed by atoms with Crippen molar-refractivity contribution < 1.29 is 19.4 Å². The number of rotatable bonds is 4. The molecule has 0 fully saturated rings. The molecule has 3 aromatic rings. The van der Waals surface area contributed by atoms with Crippen LogP contribution in [-0.4, -0.2) is 29.1 Å². The minimum atomic E-state index is -1.23. The quantitative estimate of drug-likeness (QED) is 0.678. The predicted molar refractivity (Wildman–Crippen MR) is 90.9 cm³/mol. The van der Waals surface area contributed by atoms with Gasteiger partial charge in [0, 0.05) is 10.9 Å². The van der Waals surface area contributed by atoms with E-state index in [-0.39, 0.29) is 22.5 Å². The van der Waals surface area contributed by atoms with Gasteiger partial charge in [0.05, 0.1) is 30.0 Å². The Balaban J connectivity index is 1.95. The molecule has 0 saturated heterocycles. The van der Waals surface area contributed by atoms with Crippen LogP contribution in [0.15, 0.2) is 42.5 Å². The fraction of sp³-hybridized carbons (Fsp3) is 0.0556. The summed E-state index contributed by atoms with van der Waals surface area (Å²) in [7, 11) is 1.54. The van der Waals surface area contributed by atoms with Crippen molar-refractivity contribution in [1.82, 2.24) is 4.98 Å². The molecule has 25 heavy (non-hydrogen) atoms. The fourth-order valence-electron chi connectivity index (χ4n) is 2.52. The molecule has 3 N–H and O–H groups in total. The first kappa shape index (κ1) is 16.1. The highest BCUT2D eigenvalue weighted by molar-refractivity contribution is 6.09. The molecule has 3 rings (SSSR count). The van der Waals surface area contributed by atoms with E-state index in [1.165, 1.54) is 25.3 Å². The zero-order chi connectivity index (χ0) is 18.0. The van der Waals surface area contributed by atoms with Crippen LogP contribution in [0.1, 0.15) is 26.4 Å². The molecule has 1 heterocycles. The molecule has 0 aliphatic rings. The SMILES string of the molecule is COc1cccc2[nH]c(C(=O)Nc3ccc(C#N)cc3C(=O)O)cc12. The maximum absolute atomic E-state index is 12.5. The largest absolute Gasteiger partial charge is 0.496 e. The van der Waals surface area contributed by atoms with Crippen LogP contribution < -0.4 is 10.1 Å². The number of aromatic amines is 1. The summed E-state index contributed by atoms with van der Waals surface area (Å²) in [5.74, 6) is -1.10. The lowest BCUT2D eigenvalue weighted by molar-refractivity contribution is 0.0698. The summed E-state index contributed by atoms with van der Waals surface area (Å²) >= 11 is 0. The number of anilines is 1. The third kappa shape index (κ3) is 3.01. The van der Waals surface area contributed by atoms with E-state index >= 15 is 0 Å². The van der Waals surface area contributed by atoms with Gasteiger partial charge in [-0.25, -0.2) is 4.79 Å². The number of carbonyl (C=O) groups is 2. The van der Waals surface area contributed by atoms with Gasteiger partial charge in [-0.1, -0.05) is 6.07 Å². The number of carboxylic acids is 1. The topological polar surface area (TPSA) is 115 Å². The summed E-state index contributed by atoms with van der Waals surface area (Å²) in [4.78, 5) is 26.8. The number of benzene rings is 2. The Kier molecular flexibility index (Phi) is 4.10. The number of aromatic nitrogens is 1. The van der Waals surface area contributed by atoms with E-state index in [2.05, 4.69) is 10.3 Å². The number of aromatic carboxylic acids is 1. The highest BCUT2D eigenvalue weighted by Crippen LogP contribution is 2.26. The molecule has 7 nitrogen and oxygen atoms in total. The molecule has 124 valence electrons. The predicted octanol–water partition coefficient (Wildman–Crippen LogP) is 3.00. The first-order valence-electron chi connectivity index (χ1n) is 7.28. The summed E-state index contributed by atoms with van der Waals surface area (Å²) in [6.07, 6.45) is 0. The van der Waals surface area contributed by atoms with Gasteiger partial charge in [-0.2, -0.15) is 5.26 Å². The summed E-state index contributed by atoms with van der Waals surface area (Å²) in [5, 5.41) is 21.4. The summed E-state index contributed by atoms with van der Waals surface area (Å²) < 4.78 is 5.25. The zero-order valence-corrected chi connectivity index (χ0v) is 13.2. The summed E-state index contributed by atoms with van der Waals surface area (Å²) in [5.41, 5.74) is 1.15. The van der Waals surface area contributed by atoms with Crippen molar-refractivity contribution in [1.29, 1.82) is 5.26 Å². The van der Waals surface area contributed by atoms with Crippen LogP contribution in [0, 0.1) is 11.3 Å². The third-order valence-corrected chi connectivity index (χ3v) is 3.72. The number of hydrogen-bond donors (Lipinski definition) is 3. The van der Waals surface area contributed by atoms with Gasteiger partial charge in [-0.15, -0.1) is 0 Å². The lowest BCUT2D eigenvalue weighted by atomic mass is 10.1. The molecule has 0 atom stereocenters. The molecule has 0 saturated carbocycles. The molecule has 0 spiro atoms. The number of nitriles is 1. The second-order valence-electron chi connectivity index (χ2n) is 5.24. The molecular weight excluding hydrogens is 322 g/mol. The molecule has 0 radical (unpaired) electrons. The molecule has 0 aliphatic heterocycles. The number of methoxy groups -OCH3 is 1. The van der Waals surface area contributed by atoms with Gasteiger partial charge in [0.25, 0.3) is 5.91 Å². The van der Waals surface area contributed by atoms with E-state index in [4.69, 9.17) is 10.00 Å². The molecule has 7 heteroatoms. The highest BCUT2D eigenvalue weighted by atomic mass is 16.5. The van der Waals surface area contributed by atoms with E-state index < -0.39 is 11.9 Å². The Bertz CT molecular complexity index is 1030. The van der Waals surface area contributed by atoms with Gasteiger partial charge >= 0.3 is 5.97 Å². The van der Waals surface area contributed by atoms with Gasteiger partial charge in [0.2, 0.25) is 0 Å². The zero-order valence-electron chi connectivity index (χ0n) is 13.2. The maximum atomic E-state index is 12.5. The number of ether oxygens (including phenoxy) is 1. The monoisotopic (exact) mass is 335 g/mol. The number of H-pyrrole nitrogens is 1. The first-order chi connectivity index (χ1) is 12.0. The Morgan fingerprint density at radius 2 is 2.04 bits per heavy atom. The molecule has 0 aliphatic carbocycles. The second kappa shape index (κ2) is 6.37. The van der Waals surface area contributed by atoms with Gasteiger partial charge in [0.1, 0.15) is 11.4 Å². The van der Waals surface area contributed by atoms with Crippen molar-refractivity contribution in [3.63, 3.8) is 0 Å². The van der Waals surface area contributed by atoms with Crippen molar-refractivity contribution in [3.8, 4) is 11.8 Å². The minimum absolute atomic E-state index is 0.113. The number of carboxylic acid groups (broad SMARTS) is 1. The van der Waals surface area contributed by atoms with Crippen molar-refractivity contribution in [2.24, 2.45) is 0 Å². The van der Waals surface area contributed by atoms with Crippen molar-refractivity contribution in [2.75, 3.05) is 12.4 Å². The Hall–Kier alpha value is -3.79. The molecule has 2 aromatic carbocycles.